The van der Waals surface area contributed by atoms with Crippen molar-refractivity contribution in [3.05, 3.63) is 6.42 Å². The molecule has 0 aliphatic carbocycles. The van der Waals surface area contributed by atoms with Gasteiger partial charge < -0.3 is 0 Å². The van der Waals surface area contributed by atoms with Gasteiger partial charge in [0.2, 0.25) is 0 Å². The molecule has 0 aliphatic rings. The molecule has 0 rings (SSSR count). The van der Waals surface area contributed by atoms with E-state index in [0.29, 0.717) is 6.42 Å². The van der Waals surface area contributed by atoms with Gasteiger partial charge in [-0.25, -0.2) is 0 Å². The first kappa shape index (κ1) is 10.3. The van der Waals surface area contributed by atoms with Crippen molar-refractivity contribution in [3.8, 4) is 0 Å². The molecule has 0 aromatic rings. The molecule has 0 saturated carbocycles. The topological polar surface area (TPSA) is 0 Å². The molecule has 0 nitrogen and oxygen atoms in total. The number of hydrogen-bond donors (Lipinski definition) is 0. The van der Waals surface area contributed by atoms with E-state index in [-0.39, 0.29) is 0 Å². The number of hydrogen-bond acceptors (Lipinski definition) is 0. The zero-order valence-electron chi connectivity index (χ0n) is 5.58. The molecule has 10 heavy (non-hydrogen) atoms. The van der Waals surface area contributed by atoms with Crippen LogP contribution in [0.4, 0.5) is 13.2 Å². The van der Waals surface area contributed by atoms with Gasteiger partial charge in [-0.3, -0.25) is 0 Å². The van der Waals surface area contributed by atoms with E-state index < -0.39 is 17.4 Å². The van der Waals surface area contributed by atoms with Crippen molar-refractivity contribution < 1.29 is 13.2 Å². The quantitative estimate of drug-likeness (QED) is 0.637. The van der Waals surface area contributed by atoms with E-state index in [0.717, 1.165) is 0 Å². The van der Waals surface area contributed by atoms with Gasteiger partial charge >= 0.3 is 6.18 Å². The van der Waals surface area contributed by atoms with Crippen molar-refractivity contribution in [2.24, 2.45) is 0 Å². The lowest BCUT2D eigenvalue weighted by atomic mass is 10.2. The van der Waals surface area contributed by atoms with Gasteiger partial charge in [-0.1, -0.05) is 22.9 Å². The standard InChI is InChI=1S/C6H9BrF3/c1-2-3-5(7)4-6(8,9)10/h2,5H,3-4H2,1H3. The maximum Gasteiger partial charge on any atom is 0.390 e. The van der Waals surface area contributed by atoms with Crippen molar-refractivity contribution >= 4 is 15.9 Å². The highest BCUT2D eigenvalue weighted by molar-refractivity contribution is 9.09. The zero-order valence-corrected chi connectivity index (χ0v) is 7.17. The Morgan fingerprint density at radius 3 is 2.30 bits per heavy atom. The SMILES string of the molecule is C[CH]CC(Br)CC(F)(F)F. The fraction of sp³-hybridized carbons (Fsp3) is 0.833. The molecular formula is C6H9BrF3. The van der Waals surface area contributed by atoms with Crippen LogP contribution in [0.5, 0.6) is 0 Å². The summed E-state index contributed by atoms with van der Waals surface area (Å²) in [5.74, 6) is 0. The van der Waals surface area contributed by atoms with Crippen molar-refractivity contribution in [2.45, 2.75) is 30.8 Å². The highest BCUT2D eigenvalue weighted by Crippen LogP contribution is 2.26. The molecule has 0 heterocycles. The summed E-state index contributed by atoms with van der Waals surface area (Å²) in [7, 11) is 0. The smallest absolute Gasteiger partial charge is 0.171 e. The average Bonchev–Trinajstić information content (AvgIpc) is 1.59. The molecule has 0 spiro atoms. The van der Waals surface area contributed by atoms with Gasteiger partial charge in [0.05, 0.1) is 6.42 Å². The highest BCUT2D eigenvalue weighted by atomic mass is 79.9. The molecule has 1 radical (unpaired) electrons. The predicted octanol–water partition coefficient (Wildman–Crippen LogP) is 3.32. The second-order valence-electron chi connectivity index (χ2n) is 2.06. The molecule has 0 aromatic carbocycles. The van der Waals surface area contributed by atoms with Crippen LogP contribution in [0, 0.1) is 6.42 Å². The van der Waals surface area contributed by atoms with Crippen LogP contribution in [-0.4, -0.2) is 11.0 Å². The molecule has 1 atom stereocenters. The van der Waals surface area contributed by atoms with E-state index in [1.54, 1.807) is 13.3 Å². The fourth-order valence-electron chi connectivity index (χ4n) is 0.590. The molecule has 0 fully saturated rings. The first-order chi connectivity index (χ1) is 4.45. The van der Waals surface area contributed by atoms with Crippen LogP contribution >= 0.6 is 15.9 Å². The van der Waals surface area contributed by atoms with Crippen LogP contribution in [0.1, 0.15) is 19.8 Å². The summed E-state index contributed by atoms with van der Waals surface area (Å²) in [6.07, 6.45) is -2.63. The molecule has 0 aliphatic heterocycles. The van der Waals surface area contributed by atoms with Gasteiger partial charge in [-0.15, -0.1) is 0 Å². The first-order valence-corrected chi connectivity index (χ1v) is 3.86. The van der Waals surface area contributed by atoms with Gasteiger partial charge in [0, 0.05) is 4.83 Å². The van der Waals surface area contributed by atoms with E-state index in [9.17, 15) is 13.2 Å². The Morgan fingerprint density at radius 1 is 1.50 bits per heavy atom. The summed E-state index contributed by atoms with van der Waals surface area (Å²) in [6, 6.07) is 0. The lowest BCUT2D eigenvalue weighted by Gasteiger charge is -2.10. The van der Waals surface area contributed by atoms with Crippen LogP contribution in [0.15, 0.2) is 0 Å². The maximum absolute atomic E-state index is 11.6. The lowest BCUT2D eigenvalue weighted by Crippen LogP contribution is -2.14. The van der Waals surface area contributed by atoms with E-state index in [4.69, 9.17) is 0 Å². The summed E-state index contributed by atoms with van der Waals surface area (Å²) in [5.41, 5.74) is 0. The maximum atomic E-state index is 11.6. The van der Waals surface area contributed by atoms with Gasteiger partial charge in [0.25, 0.3) is 0 Å². The fourth-order valence-corrected chi connectivity index (χ4v) is 1.33. The molecule has 0 aromatic heterocycles. The third kappa shape index (κ3) is 6.39. The van der Waals surface area contributed by atoms with E-state index >= 15 is 0 Å². The summed E-state index contributed by atoms with van der Waals surface area (Å²) >= 11 is 2.92. The van der Waals surface area contributed by atoms with E-state index in [2.05, 4.69) is 15.9 Å². The van der Waals surface area contributed by atoms with Crippen molar-refractivity contribution in [3.63, 3.8) is 0 Å². The summed E-state index contributed by atoms with van der Waals surface area (Å²) in [5, 5.41) is 0. The van der Waals surface area contributed by atoms with Gasteiger partial charge in [0.15, 0.2) is 0 Å². The number of halogens is 4. The minimum absolute atomic E-state index is 0.458. The lowest BCUT2D eigenvalue weighted by molar-refractivity contribution is -0.133. The first-order valence-electron chi connectivity index (χ1n) is 2.94. The van der Waals surface area contributed by atoms with Crippen LogP contribution in [0.3, 0.4) is 0 Å². The highest BCUT2D eigenvalue weighted by Gasteiger charge is 2.30. The summed E-state index contributed by atoms with van der Waals surface area (Å²) in [4.78, 5) is -0.461. The molecule has 0 N–H and O–H groups in total. The Balaban J connectivity index is 3.47. The molecular weight excluding hydrogens is 209 g/mol. The van der Waals surface area contributed by atoms with Gasteiger partial charge in [-0.2, -0.15) is 13.2 Å². The van der Waals surface area contributed by atoms with Crippen LogP contribution in [-0.2, 0) is 0 Å². The van der Waals surface area contributed by atoms with Crippen molar-refractivity contribution in [1.82, 2.24) is 0 Å². The Bertz CT molecular complexity index is 89.5. The van der Waals surface area contributed by atoms with Crippen molar-refractivity contribution in [1.29, 1.82) is 0 Å². The Hall–Kier alpha value is 0.270. The zero-order chi connectivity index (χ0) is 8.20. The number of alkyl halides is 4. The molecule has 61 valence electrons. The average molecular weight is 218 g/mol. The van der Waals surface area contributed by atoms with Crippen molar-refractivity contribution in [2.75, 3.05) is 0 Å². The van der Waals surface area contributed by atoms with Crippen LogP contribution < -0.4 is 0 Å². The van der Waals surface area contributed by atoms with Crippen LogP contribution in [0.2, 0.25) is 0 Å². The summed E-state index contributed by atoms with van der Waals surface area (Å²) < 4.78 is 34.8. The predicted molar refractivity (Wildman–Crippen MR) is 38.0 cm³/mol. The number of rotatable bonds is 3. The molecule has 0 amide bonds. The second kappa shape index (κ2) is 4.21. The Kier molecular flexibility index (Phi) is 4.32. The van der Waals surface area contributed by atoms with Gasteiger partial charge in [-0.05, 0) is 12.8 Å². The second-order valence-corrected chi connectivity index (χ2v) is 3.36. The third-order valence-corrected chi connectivity index (χ3v) is 1.64. The molecule has 4 heteroatoms. The van der Waals surface area contributed by atoms with Crippen LogP contribution in [0.25, 0.3) is 0 Å². The Morgan fingerprint density at radius 2 is 2.00 bits per heavy atom. The van der Waals surface area contributed by atoms with E-state index in [1.807, 2.05) is 0 Å². The summed E-state index contributed by atoms with van der Waals surface area (Å²) in [6.45, 7) is 1.74. The molecule has 1 unspecified atom stereocenters. The molecule has 0 bridgehead atoms. The van der Waals surface area contributed by atoms with E-state index in [1.165, 1.54) is 0 Å². The third-order valence-electron chi connectivity index (χ3n) is 0.944. The van der Waals surface area contributed by atoms with Gasteiger partial charge in [0.1, 0.15) is 0 Å². The normalized spacial score (nSPS) is 15.3. The largest absolute Gasteiger partial charge is 0.390 e. The Labute approximate surface area is 66.9 Å². The monoisotopic (exact) mass is 217 g/mol. The molecule has 0 saturated heterocycles. The minimum Gasteiger partial charge on any atom is -0.171 e. The minimum atomic E-state index is -4.04.